The number of rotatable bonds is 34. The van der Waals surface area contributed by atoms with E-state index in [1.54, 1.807) is 0 Å². The predicted molar refractivity (Wildman–Crippen MR) is 167 cm³/mol. The first kappa shape index (κ1) is 39.3. The summed E-state index contributed by atoms with van der Waals surface area (Å²) in [6.07, 6.45) is 24.4. The van der Waals surface area contributed by atoms with Crippen LogP contribution in [-0.4, -0.2) is 65.4 Å². The molecule has 0 aromatic heterocycles. The lowest BCUT2D eigenvalue weighted by atomic mass is 9.99. The van der Waals surface area contributed by atoms with Crippen LogP contribution in [0, 0.1) is 5.92 Å². The Morgan fingerprint density at radius 3 is 1.25 bits per heavy atom. The summed E-state index contributed by atoms with van der Waals surface area (Å²) < 4.78 is 28.1. The second-order valence-electron chi connectivity index (χ2n) is 11.2. The molecule has 0 saturated heterocycles. The zero-order valence-corrected chi connectivity index (χ0v) is 27.0. The summed E-state index contributed by atoms with van der Waals surface area (Å²) in [5, 5.41) is 0. The number of unbranched alkanes of at least 4 members (excludes halogenated alkanes) is 15. The van der Waals surface area contributed by atoms with Gasteiger partial charge in [0.1, 0.15) is 0 Å². The molecule has 0 saturated carbocycles. The minimum Gasteiger partial charge on any atom is -0.465 e. The van der Waals surface area contributed by atoms with Gasteiger partial charge in [0.15, 0.2) is 0 Å². The number of esters is 1. The minimum absolute atomic E-state index is 0.0496. The highest BCUT2D eigenvalue weighted by molar-refractivity contribution is 5.72. The molecule has 0 bridgehead atoms. The molecule has 6 heteroatoms. The largest absolute Gasteiger partial charge is 0.465 e. The number of carbonyl (C=O) groups excluding carboxylic acids is 1. The van der Waals surface area contributed by atoms with Crippen LogP contribution < -0.4 is 0 Å². The predicted octanol–water partition coefficient (Wildman–Crippen LogP) is 9.07. The quantitative estimate of drug-likeness (QED) is 0.0566. The van der Waals surface area contributed by atoms with Crippen LogP contribution >= 0.6 is 0 Å². The average molecular weight is 573 g/mol. The lowest BCUT2D eigenvalue weighted by molar-refractivity contribution is -0.149. The molecule has 240 valence electrons. The van der Waals surface area contributed by atoms with E-state index in [1.165, 1.54) is 83.5 Å². The second-order valence-corrected chi connectivity index (χ2v) is 11.2. The maximum absolute atomic E-state index is 12.5. The molecular formula is C34H68O6. The van der Waals surface area contributed by atoms with Crippen molar-refractivity contribution in [2.45, 2.75) is 149 Å². The van der Waals surface area contributed by atoms with Crippen molar-refractivity contribution in [1.29, 1.82) is 0 Å². The van der Waals surface area contributed by atoms with E-state index < -0.39 is 0 Å². The zero-order valence-electron chi connectivity index (χ0n) is 27.0. The van der Waals surface area contributed by atoms with E-state index in [0.717, 1.165) is 51.6 Å². The third-order valence-electron chi connectivity index (χ3n) is 7.35. The molecule has 1 atom stereocenters. The first-order chi connectivity index (χ1) is 19.8. The van der Waals surface area contributed by atoms with Crippen LogP contribution in [0.5, 0.6) is 0 Å². The molecule has 0 rings (SSSR count). The number of ether oxygens (including phenoxy) is 5. The average Bonchev–Trinajstić information content (AvgIpc) is 2.96. The molecule has 40 heavy (non-hydrogen) atoms. The Labute approximate surface area is 249 Å². The Bertz CT molecular complexity index is 487. The lowest BCUT2D eigenvalue weighted by Crippen LogP contribution is -2.21. The van der Waals surface area contributed by atoms with Gasteiger partial charge >= 0.3 is 5.97 Å². The van der Waals surface area contributed by atoms with Gasteiger partial charge in [0, 0.05) is 13.2 Å². The molecule has 0 aliphatic rings. The molecule has 6 nitrogen and oxygen atoms in total. The summed E-state index contributed by atoms with van der Waals surface area (Å²) >= 11 is 0. The third-order valence-corrected chi connectivity index (χ3v) is 7.35. The summed E-state index contributed by atoms with van der Waals surface area (Å²) in [5.41, 5.74) is 0. The van der Waals surface area contributed by atoms with Crippen molar-refractivity contribution < 1.29 is 28.5 Å². The van der Waals surface area contributed by atoms with Crippen LogP contribution in [0.3, 0.4) is 0 Å². The van der Waals surface area contributed by atoms with E-state index in [4.69, 9.17) is 23.7 Å². The third kappa shape index (κ3) is 30.3. The zero-order chi connectivity index (χ0) is 29.2. The van der Waals surface area contributed by atoms with E-state index in [1.807, 2.05) is 0 Å². The van der Waals surface area contributed by atoms with Crippen molar-refractivity contribution in [3.05, 3.63) is 0 Å². The van der Waals surface area contributed by atoms with Gasteiger partial charge in [0.25, 0.3) is 0 Å². The molecule has 0 aromatic carbocycles. The van der Waals surface area contributed by atoms with Gasteiger partial charge < -0.3 is 23.7 Å². The Hall–Kier alpha value is -0.690. The van der Waals surface area contributed by atoms with Crippen LogP contribution in [-0.2, 0) is 28.5 Å². The lowest BCUT2D eigenvalue weighted by Gasteiger charge is -2.16. The summed E-state index contributed by atoms with van der Waals surface area (Å²) in [5.74, 6) is -0.104. The van der Waals surface area contributed by atoms with Crippen molar-refractivity contribution in [3.8, 4) is 0 Å². The van der Waals surface area contributed by atoms with E-state index in [-0.39, 0.29) is 11.9 Å². The van der Waals surface area contributed by atoms with E-state index >= 15 is 0 Å². The fourth-order valence-electron chi connectivity index (χ4n) is 4.68. The summed E-state index contributed by atoms with van der Waals surface area (Å²) in [7, 11) is 0. The van der Waals surface area contributed by atoms with Crippen LogP contribution in [0.25, 0.3) is 0 Å². The molecule has 0 N–H and O–H groups in total. The van der Waals surface area contributed by atoms with Crippen molar-refractivity contribution >= 4 is 5.97 Å². The smallest absolute Gasteiger partial charge is 0.309 e. The van der Waals surface area contributed by atoms with E-state index in [0.29, 0.717) is 52.9 Å². The van der Waals surface area contributed by atoms with Gasteiger partial charge in [-0.3, -0.25) is 4.79 Å². The molecule has 0 spiro atoms. The highest BCUT2D eigenvalue weighted by Crippen LogP contribution is 2.16. The number of hydrogen-bond donors (Lipinski definition) is 0. The summed E-state index contributed by atoms with van der Waals surface area (Å²) in [6.45, 7) is 12.1. The maximum atomic E-state index is 12.5. The second kappa shape index (κ2) is 34.5. The topological polar surface area (TPSA) is 63.2 Å². The Morgan fingerprint density at radius 1 is 0.400 bits per heavy atom. The monoisotopic (exact) mass is 573 g/mol. The molecular weight excluding hydrogens is 504 g/mol. The highest BCUT2D eigenvalue weighted by atomic mass is 16.6. The van der Waals surface area contributed by atoms with Gasteiger partial charge in [0.2, 0.25) is 0 Å². The fraction of sp³-hybridized carbons (Fsp3) is 0.971. The normalized spacial score (nSPS) is 12.2. The standard InChI is InChI=1S/C34H68O6/c1-4-7-10-12-14-15-16-17-18-20-24-36-27-29-38-31-32-39-30-28-37-26-23-33(22-9-6-3)34(35)40-25-21-19-13-11-8-5-2/h33H,4-32H2,1-3H3. The molecule has 0 aliphatic heterocycles. The van der Waals surface area contributed by atoms with Gasteiger partial charge in [-0.15, -0.1) is 0 Å². The van der Waals surface area contributed by atoms with Gasteiger partial charge in [-0.2, -0.15) is 0 Å². The minimum atomic E-state index is -0.0540. The van der Waals surface area contributed by atoms with Gasteiger partial charge in [-0.25, -0.2) is 0 Å². The van der Waals surface area contributed by atoms with Gasteiger partial charge in [0.05, 0.1) is 52.2 Å². The van der Waals surface area contributed by atoms with E-state index in [9.17, 15) is 4.79 Å². The van der Waals surface area contributed by atoms with Crippen molar-refractivity contribution in [2.24, 2.45) is 5.92 Å². The van der Waals surface area contributed by atoms with Crippen molar-refractivity contribution in [3.63, 3.8) is 0 Å². The number of carbonyl (C=O) groups is 1. The molecule has 0 aliphatic carbocycles. The Kier molecular flexibility index (Phi) is 33.9. The van der Waals surface area contributed by atoms with Crippen LogP contribution in [0.1, 0.15) is 149 Å². The molecule has 0 amide bonds. The van der Waals surface area contributed by atoms with Gasteiger partial charge in [-0.1, -0.05) is 124 Å². The SMILES string of the molecule is CCCCCCCCCCCCOCCOCCOCCOCCC(CCCC)C(=O)OCCCCCCCC. The van der Waals surface area contributed by atoms with Crippen LogP contribution in [0.2, 0.25) is 0 Å². The van der Waals surface area contributed by atoms with Crippen LogP contribution in [0.4, 0.5) is 0 Å². The molecule has 0 fully saturated rings. The number of hydrogen-bond acceptors (Lipinski definition) is 6. The Balaban J connectivity index is 3.47. The Morgan fingerprint density at radius 2 is 0.775 bits per heavy atom. The molecule has 1 unspecified atom stereocenters. The van der Waals surface area contributed by atoms with Crippen LogP contribution in [0.15, 0.2) is 0 Å². The highest BCUT2D eigenvalue weighted by Gasteiger charge is 2.19. The van der Waals surface area contributed by atoms with E-state index in [2.05, 4.69) is 20.8 Å². The summed E-state index contributed by atoms with van der Waals surface area (Å²) in [4.78, 5) is 12.5. The maximum Gasteiger partial charge on any atom is 0.309 e. The first-order valence-corrected chi connectivity index (χ1v) is 17.2. The molecule has 0 radical (unpaired) electrons. The summed E-state index contributed by atoms with van der Waals surface area (Å²) in [6, 6.07) is 0. The first-order valence-electron chi connectivity index (χ1n) is 17.2. The molecule has 0 heterocycles. The fourth-order valence-corrected chi connectivity index (χ4v) is 4.68. The van der Waals surface area contributed by atoms with Crippen molar-refractivity contribution in [1.82, 2.24) is 0 Å². The molecule has 0 aromatic rings. The van der Waals surface area contributed by atoms with Crippen molar-refractivity contribution in [2.75, 3.05) is 59.5 Å². The van der Waals surface area contributed by atoms with Gasteiger partial charge in [-0.05, 0) is 25.7 Å².